The van der Waals surface area contributed by atoms with Gasteiger partial charge in [-0.2, -0.15) is 0 Å². The van der Waals surface area contributed by atoms with Crippen molar-refractivity contribution in [3.05, 3.63) is 355 Å². The summed E-state index contributed by atoms with van der Waals surface area (Å²) in [5.74, 6) is 0.0510. The molecule has 18 nitrogen and oxygen atoms in total. The predicted molar refractivity (Wildman–Crippen MR) is 425 cm³/mol. The average Bonchev–Trinajstić information content (AvgIpc) is 1.11. The van der Waals surface area contributed by atoms with Gasteiger partial charge in [-0.15, -0.1) is 0 Å². The van der Waals surface area contributed by atoms with Crippen molar-refractivity contribution in [2.75, 3.05) is 0 Å². The lowest BCUT2D eigenvalue weighted by Crippen LogP contribution is -2.01. The third-order valence-electron chi connectivity index (χ3n) is 19.9. The van der Waals surface area contributed by atoms with E-state index in [1.54, 1.807) is 206 Å². The van der Waals surface area contributed by atoms with Gasteiger partial charge in [0, 0.05) is 72.8 Å². The summed E-state index contributed by atoms with van der Waals surface area (Å²) in [6.07, 6.45) is 2.77. The minimum Gasteiger partial charge on any atom is -0.508 e. The molecule has 0 fully saturated rings. The molecule has 0 heterocycles. The molecule has 558 valence electrons. The second-order valence-electron chi connectivity index (χ2n) is 27.6. The van der Waals surface area contributed by atoms with Crippen LogP contribution in [0, 0.1) is 0 Å². The highest BCUT2D eigenvalue weighted by Crippen LogP contribution is 2.50. The van der Waals surface area contributed by atoms with Crippen LogP contribution in [0.4, 0.5) is 0 Å². The highest BCUT2D eigenvalue weighted by molar-refractivity contribution is 6.03. The van der Waals surface area contributed by atoms with Crippen molar-refractivity contribution < 1.29 is 91.9 Å². The fraction of sp³-hybridized carbons (Fsp3) is 0.0968. The fourth-order valence-corrected chi connectivity index (χ4v) is 14.0. The molecule has 0 radical (unpaired) electrons. The first kappa shape index (κ1) is 74.7. The summed E-state index contributed by atoms with van der Waals surface area (Å²) >= 11 is 0. The molecule has 15 aromatic rings. The molecule has 0 atom stereocenters. The number of hydrogen-bond donors (Lipinski definition) is 18. The van der Waals surface area contributed by atoms with Gasteiger partial charge in [0.2, 0.25) is 0 Å². The van der Waals surface area contributed by atoms with E-state index in [1.165, 1.54) is 42.5 Å². The minimum absolute atomic E-state index is 0.0724. The fourth-order valence-electron chi connectivity index (χ4n) is 14.0. The van der Waals surface area contributed by atoms with Crippen LogP contribution in [-0.4, -0.2) is 91.9 Å². The van der Waals surface area contributed by atoms with E-state index < -0.39 is 0 Å². The number of fused-ring (bicyclic) bond motifs is 3. The van der Waals surface area contributed by atoms with Crippen LogP contribution in [0.25, 0.3) is 32.3 Å². The molecule has 15 aromatic carbocycles. The minimum atomic E-state index is -0.208. The van der Waals surface area contributed by atoms with Crippen molar-refractivity contribution in [3.63, 3.8) is 0 Å². The first-order valence-corrected chi connectivity index (χ1v) is 35.5. The second-order valence-corrected chi connectivity index (χ2v) is 27.6. The molecule has 0 aliphatic rings. The predicted octanol–water partition coefficient (Wildman–Crippen LogP) is 17.5. The molecule has 0 spiro atoms. The largest absolute Gasteiger partial charge is 0.508 e. The smallest absolute Gasteiger partial charge is 0.134 e. The van der Waals surface area contributed by atoms with Gasteiger partial charge in [-0.05, 0) is 223 Å². The summed E-state index contributed by atoms with van der Waals surface area (Å²) in [5, 5.41) is 191. The first-order chi connectivity index (χ1) is 53.4. The van der Waals surface area contributed by atoms with E-state index in [1.807, 2.05) is 6.07 Å². The zero-order chi connectivity index (χ0) is 78.3. The molecule has 0 unspecified atom stereocenters. The molecule has 111 heavy (non-hydrogen) atoms. The molecule has 0 aliphatic heterocycles. The molecule has 15 rings (SSSR count). The van der Waals surface area contributed by atoms with Crippen molar-refractivity contribution in [1.82, 2.24) is 0 Å². The lowest BCUT2D eigenvalue weighted by atomic mass is 9.87. The summed E-state index contributed by atoms with van der Waals surface area (Å²) in [7, 11) is 0. The highest BCUT2D eigenvalue weighted by atomic mass is 16.3. The Balaban J connectivity index is 0.000000146. The number of phenolic OH excluding ortho intramolecular Hbond substituents is 18. The van der Waals surface area contributed by atoms with Gasteiger partial charge in [0.05, 0.1) is 16.2 Å². The van der Waals surface area contributed by atoms with E-state index in [0.29, 0.717) is 70.5 Å². The van der Waals surface area contributed by atoms with Gasteiger partial charge in [-0.1, -0.05) is 133 Å². The summed E-state index contributed by atoms with van der Waals surface area (Å²) < 4.78 is 0. The van der Waals surface area contributed by atoms with E-state index in [4.69, 9.17) is 0 Å². The summed E-state index contributed by atoms with van der Waals surface area (Å²) in [6, 6.07) is 70.0. The Morgan fingerprint density at radius 3 is 0.784 bits per heavy atom. The Morgan fingerprint density at radius 2 is 0.405 bits per heavy atom. The van der Waals surface area contributed by atoms with Crippen LogP contribution in [0.15, 0.2) is 255 Å². The van der Waals surface area contributed by atoms with Crippen LogP contribution >= 0.6 is 0 Å². The maximum Gasteiger partial charge on any atom is 0.134 e. The summed E-state index contributed by atoms with van der Waals surface area (Å²) in [6.45, 7) is 0. The molecule has 18 N–H and O–H groups in total. The summed E-state index contributed by atoms with van der Waals surface area (Å²) in [4.78, 5) is 0. The van der Waals surface area contributed by atoms with Crippen LogP contribution in [0.1, 0.15) is 100 Å². The molecule has 0 bridgehead atoms. The molecule has 0 amide bonds. The van der Waals surface area contributed by atoms with Gasteiger partial charge in [0.15, 0.2) is 0 Å². The number of rotatable bonds is 18. The average molecular weight is 1480 g/mol. The van der Waals surface area contributed by atoms with Gasteiger partial charge in [0.25, 0.3) is 0 Å². The lowest BCUT2D eigenvalue weighted by Gasteiger charge is -2.20. The van der Waals surface area contributed by atoms with Gasteiger partial charge in [0.1, 0.15) is 103 Å². The van der Waals surface area contributed by atoms with E-state index in [9.17, 15) is 91.9 Å². The Kier molecular flexibility index (Phi) is 21.7. The molecule has 0 aromatic heterocycles. The molecular weight excluding hydrogens is 1410 g/mol. The number of hydrogen-bond acceptors (Lipinski definition) is 18. The number of benzene rings is 15. The zero-order valence-electron chi connectivity index (χ0n) is 59.7. The third-order valence-corrected chi connectivity index (χ3v) is 19.9. The molecule has 0 aliphatic carbocycles. The summed E-state index contributed by atoms with van der Waals surface area (Å²) in [5.41, 5.74) is 12.2. The molecule has 0 saturated heterocycles. The number of phenols is 18. The molecule has 18 heteroatoms. The van der Waals surface area contributed by atoms with Gasteiger partial charge in [-0.3, -0.25) is 0 Å². The quantitative estimate of drug-likeness (QED) is 0.0379. The Labute approximate surface area is 637 Å². The Hall–Kier alpha value is -14.5. The monoisotopic (exact) mass is 1480 g/mol. The maximum absolute atomic E-state index is 11.5. The lowest BCUT2D eigenvalue weighted by molar-refractivity contribution is 0.435. The first-order valence-electron chi connectivity index (χ1n) is 35.5. The van der Waals surface area contributed by atoms with Crippen LogP contribution < -0.4 is 0 Å². The third kappa shape index (κ3) is 17.0. The Morgan fingerprint density at radius 1 is 0.144 bits per heavy atom. The van der Waals surface area contributed by atoms with Crippen molar-refractivity contribution in [2.24, 2.45) is 0 Å². The maximum atomic E-state index is 11.5. The highest BCUT2D eigenvalue weighted by Gasteiger charge is 2.27. The standard InChI is InChI=1S/3C31H26O6/c32-22-8-1-18(2-9-22)15-21-7-14-27(35)29-28(21)25(16-19-3-10-23(33)11-4-19)30(36)26(31(29)37)17-20-5-12-24(34)13-6-20;32-22-8-1-18(2-9-22)15-21-7-14-25-26(16-19-3-10-23(33)11-4-19)30(36)27(31(37)28(25)29(21)35)17-20-5-12-24(34)13-6-20;32-23-7-1-18(2-8-23)13-21-16-22(14-19-3-9-24(33)10-4-19)30(36)29-26(21)17-28(35)27(31(29)37)15-20-5-11-25(34)12-6-20/h2*1-14,32-37H,15-17H2;1-12,16-17,32-37H,13-15H2. The van der Waals surface area contributed by atoms with E-state index in [-0.39, 0.29) is 162 Å². The van der Waals surface area contributed by atoms with E-state index >= 15 is 0 Å². The van der Waals surface area contributed by atoms with Crippen LogP contribution in [0.3, 0.4) is 0 Å². The Bertz CT molecular complexity index is 5740. The van der Waals surface area contributed by atoms with Crippen LogP contribution in [0.2, 0.25) is 0 Å². The van der Waals surface area contributed by atoms with Crippen LogP contribution in [0.5, 0.6) is 103 Å². The van der Waals surface area contributed by atoms with Gasteiger partial charge < -0.3 is 91.9 Å². The van der Waals surface area contributed by atoms with Crippen molar-refractivity contribution in [2.45, 2.75) is 57.8 Å². The second kappa shape index (κ2) is 32.3. The van der Waals surface area contributed by atoms with Crippen LogP contribution in [-0.2, 0) is 57.8 Å². The normalized spacial score (nSPS) is 11.1. The van der Waals surface area contributed by atoms with E-state index in [0.717, 1.165) is 61.2 Å². The van der Waals surface area contributed by atoms with Gasteiger partial charge >= 0.3 is 0 Å². The van der Waals surface area contributed by atoms with Crippen molar-refractivity contribution in [1.29, 1.82) is 0 Å². The topological polar surface area (TPSA) is 364 Å². The van der Waals surface area contributed by atoms with Gasteiger partial charge in [-0.25, -0.2) is 0 Å². The SMILES string of the molecule is Oc1ccc(Cc2c(O)c(Cc3ccc(O)cc3)c3c(Cc4ccc(O)cc4)ccc(O)c3c2O)cc1.Oc1ccc(Cc2cc(Cc3ccc(O)cc3)c3cc(O)c(Cc4ccc(O)cc4)c(O)c3c2O)cc1.Oc1ccc(Cc2ccc3c(Cc4ccc(O)cc4)c(O)c(Cc4ccc(O)cc4)c(O)c3c2O)cc1. The zero-order valence-corrected chi connectivity index (χ0v) is 59.7. The molecule has 0 saturated carbocycles. The van der Waals surface area contributed by atoms with Crippen molar-refractivity contribution >= 4 is 32.3 Å². The number of aromatic hydroxyl groups is 18. The molecular formula is C93H78O18. The van der Waals surface area contributed by atoms with E-state index in [2.05, 4.69) is 0 Å². The van der Waals surface area contributed by atoms with Crippen molar-refractivity contribution in [3.8, 4) is 103 Å².